The van der Waals surface area contributed by atoms with Crippen molar-refractivity contribution in [2.45, 2.75) is 23.3 Å². The Balaban J connectivity index is 1.78. The average Bonchev–Trinajstić information content (AvgIpc) is 2.78. The first-order chi connectivity index (χ1) is 15.8. The molecule has 0 saturated carbocycles. The molecule has 1 N–H and O–H groups in total. The Morgan fingerprint density at radius 3 is 2.18 bits per heavy atom. The van der Waals surface area contributed by atoms with Gasteiger partial charge < -0.3 is 14.2 Å². The molecule has 0 bridgehead atoms. The summed E-state index contributed by atoms with van der Waals surface area (Å²) in [6.07, 6.45) is 0.491. The van der Waals surface area contributed by atoms with Crippen LogP contribution in [0, 0.1) is 0 Å². The Morgan fingerprint density at radius 1 is 1.12 bits per heavy atom. The highest BCUT2D eigenvalue weighted by atomic mass is 32.2. The van der Waals surface area contributed by atoms with Crippen LogP contribution >= 0.6 is 11.8 Å². The summed E-state index contributed by atoms with van der Waals surface area (Å²) in [5.41, 5.74) is 1.03. The van der Waals surface area contributed by atoms with Crippen molar-refractivity contribution in [2.24, 2.45) is 0 Å². The van der Waals surface area contributed by atoms with Gasteiger partial charge in [0.25, 0.3) is 0 Å². The zero-order valence-corrected chi connectivity index (χ0v) is 19.0. The maximum absolute atomic E-state index is 13.5. The lowest BCUT2D eigenvalue weighted by atomic mass is 10.0. The van der Waals surface area contributed by atoms with Gasteiger partial charge in [-0.25, -0.2) is 4.79 Å². The molecule has 0 radical (unpaired) electrons. The van der Waals surface area contributed by atoms with Crippen LogP contribution in [0.2, 0.25) is 0 Å². The Hall–Kier alpha value is -3.31. The third-order valence-electron chi connectivity index (χ3n) is 4.99. The van der Waals surface area contributed by atoms with Crippen LogP contribution in [0.4, 0.5) is 0 Å². The van der Waals surface area contributed by atoms with Gasteiger partial charge in [0.2, 0.25) is 12.3 Å². The fourth-order valence-corrected chi connectivity index (χ4v) is 5.47. The molecule has 0 aromatic heterocycles. The molecular formula is C22H20N2O7S2. The summed E-state index contributed by atoms with van der Waals surface area (Å²) >= 11 is 1.10. The SMILES string of the molecule is CS(=O)(=O)OC1=C(C(=O)OC(c2ccccc2)c2ccccc2)N2C(=O)C[C@H]2SC1NC=O. The lowest BCUT2D eigenvalue weighted by Crippen LogP contribution is -2.57. The minimum atomic E-state index is -4.08. The predicted molar refractivity (Wildman–Crippen MR) is 120 cm³/mol. The van der Waals surface area contributed by atoms with Gasteiger partial charge in [-0.3, -0.25) is 14.5 Å². The van der Waals surface area contributed by atoms with E-state index in [1.807, 2.05) is 12.1 Å². The molecule has 33 heavy (non-hydrogen) atoms. The van der Waals surface area contributed by atoms with Crippen LogP contribution in [0.3, 0.4) is 0 Å². The highest BCUT2D eigenvalue weighted by Gasteiger charge is 2.51. The number of benzene rings is 2. The summed E-state index contributed by atoms with van der Waals surface area (Å²) in [5, 5.41) is 1.00. The smallest absolute Gasteiger partial charge is 0.359 e. The molecule has 0 spiro atoms. The number of fused-ring (bicyclic) bond motifs is 1. The first-order valence-corrected chi connectivity index (χ1v) is 12.7. The van der Waals surface area contributed by atoms with E-state index in [1.165, 1.54) is 0 Å². The third kappa shape index (κ3) is 4.88. The number of carbonyl (C=O) groups excluding carboxylic acids is 3. The number of rotatable bonds is 8. The maximum Gasteiger partial charge on any atom is 0.359 e. The van der Waals surface area contributed by atoms with Gasteiger partial charge in [0.1, 0.15) is 5.37 Å². The first-order valence-electron chi connectivity index (χ1n) is 9.90. The number of amides is 2. The number of esters is 1. The standard InChI is InChI=1S/C22H20N2O7S2/c1-33(28,29)31-20-18(24-16(26)12-17(24)32-21(20)23-13-25)22(27)30-19(14-8-4-2-5-9-14)15-10-6-3-7-11-15/h2-11,13,17,19,21H,12H2,1H3,(H,23,25)/t17-,21?/m1/s1. The fraction of sp³-hybridized carbons (Fsp3) is 0.227. The number of carbonyl (C=O) groups is 3. The van der Waals surface area contributed by atoms with Crippen LogP contribution < -0.4 is 5.32 Å². The van der Waals surface area contributed by atoms with Crippen LogP contribution in [-0.4, -0.2) is 48.6 Å². The Labute approximate surface area is 194 Å². The molecule has 2 aromatic rings. The molecule has 4 rings (SSSR count). The van der Waals surface area contributed by atoms with Crippen molar-refractivity contribution in [2.75, 3.05) is 6.26 Å². The highest BCUT2D eigenvalue weighted by molar-refractivity contribution is 8.00. The minimum absolute atomic E-state index is 0.130. The van der Waals surface area contributed by atoms with Crippen LogP contribution in [0.25, 0.3) is 0 Å². The molecule has 11 heteroatoms. The van der Waals surface area contributed by atoms with Crippen LogP contribution in [-0.2, 0) is 33.4 Å². The van der Waals surface area contributed by atoms with Gasteiger partial charge in [-0.2, -0.15) is 8.42 Å². The molecule has 2 atom stereocenters. The fourth-order valence-electron chi connectivity index (χ4n) is 3.60. The molecular weight excluding hydrogens is 468 g/mol. The van der Waals surface area contributed by atoms with Crippen molar-refractivity contribution in [3.8, 4) is 0 Å². The summed E-state index contributed by atoms with van der Waals surface area (Å²) in [6, 6.07) is 18.0. The molecule has 172 valence electrons. The highest BCUT2D eigenvalue weighted by Crippen LogP contribution is 2.44. The zero-order valence-electron chi connectivity index (χ0n) is 17.4. The van der Waals surface area contributed by atoms with E-state index in [0.717, 1.165) is 22.9 Å². The normalized spacial score (nSPS) is 20.1. The predicted octanol–water partition coefficient (Wildman–Crippen LogP) is 1.88. The number of nitrogens with zero attached hydrogens (tertiary/aromatic N) is 1. The van der Waals surface area contributed by atoms with Gasteiger partial charge in [-0.1, -0.05) is 60.7 Å². The summed E-state index contributed by atoms with van der Waals surface area (Å²) in [4.78, 5) is 38.1. The minimum Gasteiger partial charge on any atom is -0.448 e. The lowest BCUT2D eigenvalue weighted by Gasteiger charge is -2.46. The van der Waals surface area contributed by atoms with Gasteiger partial charge in [-0.05, 0) is 11.1 Å². The van der Waals surface area contributed by atoms with Gasteiger partial charge >= 0.3 is 16.1 Å². The first kappa shape index (κ1) is 22.9. The van der Waals surface area contributed by atoms with Crippen LogP contribution in [0.15, 0.2) is 72.1 Å². The molecule has 2 aromatic carbocycles. The van der Waals surface area contributed by atoms with Gasteiger partial charge in [0.05, 0.1) is 18.1 Å². The summed E-state index contributed by atoms with van der Waals surface area (Å²) in [7, 11) is -4.08. The van der Waals surface area contributed by atoms with E-state index in [9.17, 15) is 22.8 Å². The molecule has 2 heterocycles. The Bertz CT molecular complexity index is 1160. The Morgan fingerprint density at radius 2 is 1.70 bits per heavy atom. The van der Waals surface area contributed by atoms with E-state index in [2.05, 4.69) is 5.32 Å². The molecule has 2 aliphatic heterocycles. The van der Waals surface area contributed by atoms with E-state index in [4.69, 9.17) is 8.92 Å². The Kier molecular flexibility index (Phi) is 6.43. The number of thioether (sulfide) groups is 1. The summed E-state index contributed by atoms with van der Waals surface area (Å²) in [5.74, 6) is -1.69. The summed E-state index contributed by atoms with van der Waals surface area (Å²) < 4.78 is 34.8. The monoisotopic (exact) mass is 488 g/mol. The van der Waals surface area contributed by atoms with Crippen molar-refractivity contribution < 1.29 is 31.7 Å². The topological polar surface area (TPSA) is 119 Å². The number of ether oxygens (including phenoxy) is 1. The van der Waals surface area contributed by atoms with Crippen molar-refractivity contribution >= 4 is 40.2 Å². The zero-order chi connectivity index (χ0) is 23.6. The van der Waals surface area contributed by atoms with Gasteiger partial charge in [-0.15, -0.1) is 11.8 Å². The maximum atomic E-state index is 13.5. The molecule has 1 fully saturated rings. The molecule has 1 unspecified atom stereocenters. The number of hydrogen-bond donors (Lipinski definition) is 1. The van der Waals surface area contributed by atoms with Gasteiger partial charge in [0.15, 0.2) is 17.6 Å². The third-order valence-corrected chi connectivity index (χ3v) is 6.79. The van der Waals surface area contributed by atoms with Crippen LogP contribution in [0.1, 0.15) is 23.7 Å². The quantitative estimate of drug-likeness (QED) is 0.259. The van der Waals surface area contributed by atoms with Crippen molar-refractivity contribution in [3.05, 3.63) is 83.2 Å². The van der Waals surface area contributed by atoms with E-state index in [0.29, 0.717) is 17.5 Å². The number of nitrogens with one attached hydrogen (secondary N) is 1. The van der Waals surface area contributed by atoms with E-state index < -0.39 is 32.9 Å². The van der Waals surface area contributed by atoms with Gasteiger partial charge in [0, 0.05) is 0 Å². The van der Waals surface area contributed by atoms with Crippen molar-refractivity contribution in [1.82, 2.24) is 10.2 Å². The second kappa shape index (κ2) is 9.28. The summed E-state index contributed by atoms with van der Waals surface area (Å²) in [6.45, 7) is 0. The largest absolute Gasteiger partial charge is 0.448 e. The second-order valence-corrected chi connectivity index (χ2v) is 10.2. The number of hydrogen-bond acceptors (Lipinski definition) is 8. The molecule has 0 aliphatic carbocycles. The van der Waals surface area contributed by atoms with Crippen molar-refractivity contribution in [1.29, 1.82) is 0 Å². The second-order valence-electron chi connectivity index (χ2n) is 7.33. The lowest BCUT2D eigenvalue weighted by molar-refractivity contribution is -0.152. The molecule has 2 aliphatic rings. The molecule has 1 saturated heterocycles. The average molecular weight is 489 g/mol. The number of β-lactam (4-membered cyclic amide) rings is 1. The van der Waals surface area contributed by atoms with Crippen molar-refractivity contribution in [3.63, 3.8) is 0 Å². The van der Waals surface area contributed by atoms with E-state index in [1.54, 1.807) is 48.5 Å². The molecule has 9 nitrogen and oxygen atoms in total. The van der Waals surface area contributed by atoms with E-state index >= 15 is 0 Å². The van der Waals surface area contributed by atoms with Crippen LogP contribution in [0.5, 0.6) is 0 Å². The van der Waals surface area contributed by atoms with E-state index in [-0.39, 0.29) is 23.8 Å². The molecule has 2 amide bonds.